The van der Waals surface area contributed by atoms with Gasteiger partial charge in [0.15, 0.2) is 0 Å². The van der Waals surface area contributed by atoms with Gasteiger partial charge in [-0.3, -0.25) is 4.79 Å². The zero-order valence-electron chi connectivity index (χ0n) is 12.6. The number of likely N-dealkylation sites (tertiary alicyclic amines) is 1. The lowest BCUT2D eigenvalue weighted by Gasteiger charge is -2.32. The summed E-state index contributed by atoms with van der Waals surface area (Å²) in [5.74, 6) is 0.906. The summed E-state index contributed by atoms with van der Waals surface area (Å²) in [6.07, 6.45) is 2.22. The standard InChI is InChI=1S/C16H24N2O.ClH/c1-12-8-13(2)10-15(9-12)16(19)18-6-4-14(5-7-18)11-17-3;/h8-10,14,17H,4-7,11H2,1-3H3;1H. The molecule has 0 aliphatic carbocycles. The second-order valence-electron chi connectivity index (χ2n) is 5.67. The van der Waals surface area contributed by atoms with E-state index in [1.165, 1.54) is 0 Å². The first-order chi connectivity index (χ1) is 9.10. The first-order valence-electron chi connectivity index (χ1n) is 7.12. The van der Waals surface area contributed by atoms with E-state index in [0.29, 0.717) is 5.92 Å². The highest BCUT2D eigenvalue weighted by molar-refractivity contribution is 5.94. The Morgan fingerprint density at radius 3 is 2.25 bits per heavy atom. The van der Waals surface area contributed by atoms with Crippen molar-refractivity contribution in [3.8, 4) is 0 Å². The van der Waals surface area contributed by atoms with Crippen LogP contribution < -0.4 is 5.32 Å². The second-order valence-corrected chi connectivity index (χ2v) is 5.67. The van der Waals surface area contributed by atoms with E-state index in [1.54, 1.807) is 0 Å². The fourth-order valence-electron chi connectivity index (χ4n) is 2.91. The lowest BCUT2D eigenvalue weighted by Crippen LogP contribution is -2.40. The zero-order valence-corrected chi connectivity index (χ0v) is 13.4. The maximum atomic E-state index is 12.5. The Balaban J connectivity index is 0.00000200. The molecule has 1 fully saturated rings. The molecule has 0 atom stereocenters. The van der Waals surface area contributed by atoms with Gasteiger partial charge in [0.05, 0.1) is 0 Å². The maximum Gasteiger partial charge on any atom is 0.253 e. The van der Waals surface area contributed by atoms with Crippen molar-refractivity contribution < 1.29 is 4.79 Å². The number of nitrogens with zero attached hydrogens (tertiary/aromatic N) is 1. The Kier molecular flexibility index (Phi) is 6.50. The summed E-state index contributed by atoms with van der Waals surface area (Å²) in [6, 6.07) is 6.10. The summed E-state index contributed by atoms with van der Waals surface area (Å²) in [4.78, 5) is 14.5. The van der Waals surface area contributed by atoms with Crippen LogP contribution in [0.4, 0.5) is 0 Å². The minimum Gasteiger partial charge on any atom is -0.339 e. The van der Waals surface area contributed by atoms with Crippen LogP contribution >= 0.6 is 12.4 Å². The van der Waals surface area contributed by atoms with Crippen LogP contribution in [0.2, 0.25) is 0 Å². The van der Waals surface area contributed by atoms with Crippen molar-refractivity contribution in [1.82, 2.24) is 10.2 Å². The largest absolute Gasteiger partial charge is 0.339 e. The summed E-state index contributed by atoms with van der Waals surface area (Å²) >= 11 is 0. The van der Waals surface area contributed by atoms with Gasteiger partial charge in [-0.05, 0) is 58.3 Å². The number of benzene rings is 1. The molecular weight excluding hydrogens is 272 g/mol. The van der Waals surface area contributed by atoms with Gasteiger partial charge in [0.25, 0.3) is 5.91 Å². The highest BCUT2D eigenvalue weighted by atomic mass is 35.5. The van der Waals surface area contributed by atoms with E-state index in [2.05, 4.69) is 11.4 Å². The average molecular weight is 297 g/mol. The van der Waals surface area contributed by atoms with Gasteiger partial charge in [0.2, 0.25) is 0 Å². The highest BCUT2D eigenvalue weighted by Gasteiger charge is 2.23. The number of hydrogen-bond donors (Lipinski definition) is 1. The number of piperidine rings is 1. The van der Waals surface area contributed by atoms with Gasteiger partial charge in [-0.1, -0.05) is 17.2 Å². The summed E-state index contributed by atoms with van der Waals surface area (Å²) in [5, 5.41) is 3.22. The first kappa shape index (κ1) is 17.0. The van der Waals surface area contributed by atoms with Gasteiger partial charge in [-0.2, -0.15) is 0 Å². The number of halogens is 1. The molecule has 1 aliphatic rings. The molecule has 4 heteroatoms. The molecule has 0 spiro atoms. The predicted octanol–water partition coefficient (Wildman–Crippen LogP) is 2.80. The van der Waals surface area contributed by atoms with Gasteiger partial charge >= 0.3 is 0 Å². The van der Waals surface area contributed by atoms with Crippen molar-refractivity contribution in [3.63, 3.8) is 0 Å². The lowest BCUT2D eigenvalue weighted by atomic mass is 9.96. The third-order valence-corrected chi connectivity index (χ3v) is 3.86. The second kappa shape index (κ2) is 7.65. The fraction of sp³-hybridized carbons (Fsp3) is 0.562. The molecule has 1 aliphatic heterocycles. The molecule has 0 saturated carbocycles. The Hall–Kier alpha value is -1.06. The molecule has 1 amide bonds. The lowest BCUT2D eigenvalue weighted by molar-refractivity contribution is 0.0690. The molecule has 0 unspecified atom stereocenters. The Labute approximate surface area is 128 Å². The predicted molar refractivity (Wildman–Crippen MR) is 85.7 cm³/mol. The number of carbonyl (C=O) groups is 1. The van der Waals surface area contributed by atoms with Crippen molar-refractivity contribution in [1.29, 1.82) is 0 Å². The number of aryl methyl sites for hydroxylation is 2. The van der Waals surface area contributed by atoms with E-state index in [4.69, 9.17) is 0 Å². The molecule has 1 aromatic carbocycles. The number of rotatable bonds is 3. The van der Waals surface area contributed by atoms with Gasteiger partial charge < -0.3 is 10.2 Å². The van der Waals surface area contributed by atoms with Crippen LogP contribution in [-0.4, -0.2) is 37.5 Å². The molecular formula is C16H25ClN2O. The fourth-order valence-corrected chi connectivity index (χ4v) is 2.91. The molecule has 1 aromatic rings. The summed E-state index contributed by atoms with van der Waals surface area (Å²) in [5.41, 5.74) is 3.16. The van der Waals surface area contributed by atoms with Crippen LogP contribution in [0.25, 0.3) is 0 Å². The molecule has 1 N–H and O–H groups in total. The van der Waals surface area contributed by atoms with Gasteiger partial charge in [-0.15, -0.1) is 12.4 Å². The number of amides is 1. The van der Waals surface area contributed by atoms with Crippen molar-refractivity contribution in [3.05, 3.63) is 34.9 Å². The van der Waals surface area contributed by atoms with Crippen molar-refractivity contribution >= 4 is 18.3 Å². The molecule has 2 rings (SSSR count). The Morgan fingerprint density at radius 1 is 1.20 bits per heavy atom. The normalized spacial score (nSPS) is 15.8. The van der Waals surface area contributed by atoms with Crippen LogP contribution in [-0.2, 0) is 0 Å². The summed E-state index contributed by atoms with van der Waals surface area (Å²) < 4.78 is 0. The molecule has 0 radical (unpaired) electrons. The topological polar surface area (TPSA) is 32.3 Å². The minimum atomic E-state index is 0. The van der Waals surface area contributed by atoms with Crippen LogP contribution in [0.3, 0.4) is 0 Å². The number of carbonyl (C=O) groups excluding carboxylic acids is 1. The zero-order chi connectivity index (χ0) is 13.8. The van der Waals surface area contributed by atoms with E-state index in [1.807, 2.05) is 37.9 Å². The quantitative estimate of drug-likeness (QED) is 0.930. The molecule has 20 heavy (non-hydrogen) atoms. The maximum absolute atomic E-state index is 12.5. The van der Waals surface area contributed by atoms with Crippen LogP contribution in [0.15, 0.2) is 18.2 Å². The summed E-state index contributed by atoms with van der Waals surface area (Å²) in [7, 11) is 1.99. The molecule has 3 nitrogen and oxygen atoms in total. The van der Waals surface area contributed by atoms with Crippen molar-refractivity contribution in [2.75, 3.05) is 26.7 Å². The molecule has 1 heterocycles. The SMILES string of the molecule is CNCC1CCN(C(=O)c2cc(C)cc(C)c2)CC1.Cl. The highest BCUT2D eigenvalue weighted by Crippen LogP contribution is 2.19. The van der Waals surface area contributed by atoms with E-state index in [0.717, 1.165) is 49.2 Å². The third-order valence-electron chi connectivity index (χ3n) is 3.86. The number of nitrogens with one attached hydrogen (secondary N) is 1. The number of hydrogen-bond acceptors (Lipinski definition) is 2. The molecule has 1 saturated heterocycles. The van der Waals surface area contributed by atoms with Gasteiger partial charge in [-0.25, -0.2) is 0 Å². The molecule has 112 valence electrons. The summed E-state index contributed by atoms with van der Waals surface area (Å²) in [6.45, 7) is 6.92. The van der Waals surface area contributed by atoms with E-state index in [9.17, 15) is 4.79 Å². The third kappa shape index (κ3) is 4.22. The average Bonchev–Trinajstić information content (AvgIpc) is 2.38. The smallest absolute Gasteiger partial charge is 0.253 e. The van der Waals surface area contributed by atoms with Crippen molar-refractivity contribution in [2.45, 2.75) is 26.7 Å². The van der Waals surface area contributed by atoms with E-state index < -0.39 is 0 Å². The van der Waals surface area contributed by atoms with Crippen LogP contribution in [0.5, 0.6) is 0 Å². The molecule has 0 aromatic heterocycles. The molecule has 0 bridgehead atoms. The van der Waals surface area contributed by atoms with Crippen molar-refractivity contribution in [2.24, 2.45) is 5.92 Å². The van der Waals surface area contributed by atoms with E-state index >= 15 is 0 Å². The Morgan fingerprint density at radius 2 is 1.75 bits per heavy atom. The monoisotopic (exact) mass is 296 g/mol. The van der Waals surface area contributed by atoms with Gasteiger partial charge in [0.1, 0.15) is 0 Å². The van der Waals surface area contributed by atoms with E-state index in [-0.39, 0.29) is 18.3 Å². The minimum absolute atomic E-state index is 0. The van der Waals surface area contributed by atoms with Crippen LogP contribution in [0, 0.1) is 19.8 Å². The van der Waals surface area contributed by atoms with Gasteiger partial charge in [0, 0.05) is 18.7 Å². The first-order valence-corrected chi connectivity index (χ1v) is 7.12. The Bertz CT molecular complexity index is 434. The van der Waals surface area contributed by atoms with Crippen LogP contribution in [0.1, 0.15) is 34.3 Å².